The molecule has 26 heavy (non-hydrogen) atoms. The van der Waals surface area contributed by atoms with Gasteiger partial charge in [0.25, 0.3) is 0 Å². The summed E-state index contributed by atoms with van der Waals surface area (Å²) in [4.78, 5) is 26.1. The summed E-state index contributed by atoms with van der Waals surface area (Å²) in [5, 5.41) is 0. The molecular weight excluding hydrogens is 336 g/mol. The summed E-state index contributed by atoms with van der Waals surface area (Å²) in [5.74, 6) is -1.22. The second-order valence-corrected chi connectivity index (χ2v) is 6.68. The first-order chi connectivity index (χ1) is 12.6. The van der Waals surface area contributed by atoms with Crippen LogP contribution in [0.2, 0.25) is 0 Å². The fourth-order valence-electron chi connectivity index (χ4n) is 3.91. The van der Waals surface area contributed by atoms with Crippen LogP contribution >= 0.6 is 0 Å². The quantitative estimate of drug-likeness (QED) is 0.592. The molecule has 0 radical (unpaired) electrons. The van der Waals surface area contributed by atoms with E-state index in [1.807, 2.05) is 30.3 Å². The Hall–Kier alpha value is -1.92. The van der Waals surface area contributed by atoms with Crippen LogP contribution in [-0.2, 0) is 28.5 Å². The molecule has 6 nitrogen and oxygen atoms in total. The van der Waals surface area contributed by atoms with Gasteiger partial charge < -0.3 is 18.9 Å². The molecule has 1 aromatic rings. The van der Waals surface area contributed by atoms with Crippen LogP contribution in [0.25, 0.3) is 0 Å². The molecule has 0 spiro atoms. The van der Waals surface area contributed by atoms with Crippen LogP contribution in [0.4, 0.5) is 0 Å². The highest BCUT2D eigenvalue weighted by Gasteiger charge is 2.61. The Bertz CT molecular complexity index is 610. The van der Waals surface area contributed by atoms with E-state index in [0.29, 0.717) is 13.0 Å². The third-order valence-corrected chi connectivity index (χ3v) is 5.07. The Morgan fingerprint density at radius 3 is 2.38 bits per heavy atom. The summed E-state index contributed by atoms with van der Waals surface area (Å²) in [6, 6.07) is 9.28. The van der Waals surface area contributed by atoms with E-state index in [1.54, 1.807) is 13.8 Å². The van der Waals surface area contributed by atoms with Gasteiger partial charge in [0.2, 0.25) is 0 Å². The van der Waals surface area contributed by atoms with Crippen LogP contribution in [0.1, 0.15) is 44.8 Å². The number of hydrogen-bond donors (Lipinski definition) is 0. The smallest absolute Gasteiger partial charge is 0.326 e. The molecule has 2 heterocycles. The van der Waals surface area contributed by atoms with E-state index in [-0.39, 0.29) is 19.1 Å². The Kier molecular flexibility index (Phi) is 5.94. The van der Waals surface area contributed by atoms with E-state index in [2.05, 4.69) is 0 Å². The van der Waals surface area contributed by atoms with E-state index in [9.17, 15) is 9.59 Å². The molecule has 0 aromatic heterocycles. The second-order valence-electron chi connectivity index (χ2n) is 6.68. The summed E-state index contributed by atoms with van der Waals surface area (Å²) >= 11 is 0. The minimum Gasteiger partial charge on any atom is -0.465 e. The van der Waals surface area contributed by atoms with Crippen molar-refractivity contribution in [2.45, 2.75) is 45.5 Å². The third kappa shape index (κ3) is 3.35. The zero-order chi connectivity index (χ0) is 18.6. The van der Waals surface area contributed by atoms with Crippen molar-refractivity contribution in [3.63, 3.8) is 0 Å². The molecule has 142 valence electrons. The summed E-state index contributed by atoms with van der Waals surface area (Å²) in [6.07, 6.45) is 0.788. The SMILES string of the molecule is CCOC(=O)C1(C(=O)OCC)C[C@@H]2CCCO[C@@H]2O[C@@H]1c1ccccc1. The molecule has 3 atom stereocenters. The molecule has 2 saturated heterocycles. The van der Waals surface area contributed by atoms with Crippen molar-refractivity contribution in [2.24, 2.45) is 11.3 Å². The third-order valence-electron chi connectivity index (χ3n) is 5.07. The van der Waals surface area contributed by atoms with Gasteiger partial charge in [-0.05, 0) is 38.7 Å². The van der Waals surface area contributed by atoms with E-state index in [0.717, 1.165) is 18.4 Å². The predicted molar refractivity (Wildman–Crippen MR) is 93.0 cm³/mol. The predicted octanol–water partition coefficient (Wildman–Crippen LogP) is 3.01. The van der Waals surface area contributed by atoms with Gasteiger partial charge in [-0.25, -0.2) is 0 Å². The van der Waals surface area contributed by atoms with Gasteiger partial charge in [0.05, 0.1) is 13.2 Å². The fourth-order valence-corrected chi connectivity index (χ4v) is 3.91. The number of carbonyl (C=O) groups excluding carboxylic acids is 2. The number of esters is 2. The molecule has 0 unspecified atom stereocenters. The summed E-state index contributed by atoms with van der Waals surface area (Å²) in [6.45, 7) is 4.45. The number of fused-ring (bicyclic) bond motifs is 1. The maximum atomic E-state index is 13.1. The molecule has 0 saturated carbocycles. The highest BCUT2D eigenvalue weighted by atomic mass is 16.7. The molecule has 2 fully saturated rings. The molecular formula is C20H26O6. The van der Waals surface area contributed by atoms with E-state index in [1.165, 1.54) is 0 Å². The first-order valence-electron chi connectivity index (χ1n) is 9.30. The number of ether oxygens (including phenoxy) is 4. The summed E-state index contributed by atoms with van der Waals surface area (Å²) in [7, 11) is 0. The molecule has 0 N–H and O–H groups in total. The van der Waals surface area contributed by atoms with Gasteiger partial charge in [0, 0.05) is 12.5 Å². The molecule has 0 amide bonds. The lowest BCUT2D eigenvalue weighted by atomic mass is 9.69. The van der Waals surface area contributed by atoms with Crippen molar-refractivity contribution >= 4 is 11.9 Å². The standard InChI is InChI=1S/C20H26O6/c1-3-23-18(21)20(19(22)24-4-2)13-15-11-8-12-25-17(15)26-16(20)14-9-6-5-7-10-14/h5-7,9-10,15-17H,3-4,8,11-13H2,1-2H3/t15-,16+,17+/m0/s1. The van der Waals surface area contributed by atoms with E-state index in [4.69, 9.17) is 18.9 Å². The van der Waals surface area contributed by atoms with Crippen molar-refractivity contribution in [3.05, 3.63) is 35.9 Å². The molecule has 0 aliphatic carbocycles. The van der Waals surface area contributed by atoms with Gasteiger partial charge in [-0.3, -0.25) is 9.59 Å². The van der Waals surface area contributed by atoms with Gasteiger partial charge in [-0.2, -0.15) is 0 Å². The molecule has 6 heteroatoms. The summed E-state index contributed by atoms with van der Waals surface area (Å²) in [5.41, 5.74) is -0.781. The minimum absolute atomic E-state index is 0.0440. The number of carbonyl (C=O) groups is 2. The first kappa shape index (κ1) is 18.9. The first-order valence-corrected chi connectivity index (χ1v) is 9.30. The lowest BCUT2D eigenvalue weighted by molar-refractivity contribution is -0.277. The second kappa shape index (κ2) is 8.18. The van der Waals surface area contributed by atoms with Crippen molar-refractivity contribution in [2.75, 3.05) is 19.8 Å². The fraction of sp³-hybridized carbons (Fsp3) is 0.600. The van der Waals surface area contributed by atoms with Gasteiger partial charge in [0.15, 0.2) is 11.7 Å². The highest BCUT2D eigenvalue weighted by molar-refractivity contribution is 6.01. The lowest BCUT2D eigenvalue weighted by Crippen LogP contribution is -2.55. The van der Waals surface area contributed by atoms with Crippen molar-refractivity contribution in [1.82, 2.24) is 0 Å². The van der Waals surface area contributed by atoms with E-state index < -0.39 is 29.7 Å². The average Bonchev–Trinajstić information content (AvgIpc) is 2.67. The molecule has 2 aliphatic rings. The number of rotatable bonds is 5. The van der Waals surface area contributed by atoms with Crippen molar-refractivity contribution in [3.8, 4) is 0 Å². The normalized spacial score (nSPS) is 27.2. The van der Waals surface area contributed by atoms with Crippen molar-refractivity contribution < 1.29 is 28.5 Å². The topological polar surface area (TPSA) is 71.1 Å². The van der Waals surface area contributed by atoms with Gasteiger partial charge >= 0.3 is 11.9 Å². The van der Waals surface area contributed by atoms with Gasteiger partial charge in [-0.15, -0.1) is 0 Å². The van der Waals surface area contributed by atoms with Crippen LogP contribution in [0.3, 0.4) is 0 Å². The minimum atomic E-state index is -1.52. The van der Waals surface area contributed by atoms with Gasteiger partial charge in [-0.1, -0.05) is 30.3 Å². The molecule has 2 aliphatic heterocycles. The van der Waals surface area contributed by atoms with Crippen LogP contribution in [0.5, 0.6) is 0 Å². The van der Waals surface area contributed by atoms with Crippen LogP contribution in [-0.4, -0.2) is 38.0 Å². The highest BCUT2D eigenvalue weighted by Crippen LogP contribution is 2.52. The maximum absolute atomic E-state index is 13.1. The van der Waals surface area contributed by atoms with E-state index >= 15 is 0 Å². The molecule has 0 bridgehead atoms. The lowest BCUT2D eigenvalue weighted by Gasteiger charge is -2.47. The number of hydrogen-bond acceptors (Lipinski definition) is 6. The molecule has 3 rings (SSSR count). The van der Waals surface area contributed by atoms with Crippen LogP contribution in [0, 0.1) is 11.3 Å². The maximum Gasteiger partial charge on any atom is 0.326 e. The van der Waals surface area contributed by atoms with Gasteiger partial charge in [0.1, 0.15) is 6.10 Å². The molecule has 1 aromatic carbocycles. The zero-order valence-electron chi connectivity index (χ0n) is 15.3. The van der Waals surface area contributed by atoms with Crippen LogP contribution < -0.4 is 0 Å². The summed E-state index contributed by atoms with van der Waals surface area (Å²) < 4.78 is 22.6. The number of benzene rings is 1. The Morgan fingerprint density at radius 1 is 1.12 bits per heavy atom. The Balaban J connectivity index is 2.07. The zero-order valence-corrected chi connectivity index (χ0v) is 15.3. The Labute approximate surface area is 153 Å². The Morgan fingerprint density at radius 2 is 1.77 bits per heavy atom. The largest absolute Gasteiger partial charge is 0.465 e. The van der Waals surface area contributed by atoms with Crippen LogP contribution in [0.15, 0.2) is 30.3 Å². The van der Waals surface area contributed by atoms with Crippen molar-refractivity contribution in [1.29, 1.82) is 0 Å². The monoisotopic (exact) mass is 362 g/mol. The average molecular weight is 362 g/mol.